The van der Waals surface area contributed by atoms with Gasteiger partial charge in [0.25, 0.3) is 0 Å². The second-order valence-electron chi connectivity index (χ2n) is 5.23. The van der Waals surface area contributed by atoms with Gasteiger partial charge in [0, 0.05) is 12.3 Å². The molecule has 9 heteroatoms. The van der Waals surface area contributed by atoms with Crippen LogP contribution >= 0.6 is 11.8 Å². The molecule has 136 valence electrons. The lowest BCUT2D eigenvalue weighted by Gasteiger charge is -2.21. The normalized spacial score (nSPS) is 11.3. The SMILES string of the molecule is CS(=O)(=O)N(CC(=O)NCCSCc1ccco1)c1ccc(F)cc1. The summed E-state index contributed by atoms with van der Waals surface area (Å²) in [6.07, 6.45) is 2.61. The Morgan fingerprint density at radius 1 is 1.28 bits per heavy atom. The first kappa shape index (κ1) is 19.3. The second kappa shape index (κ2) is 8.91. The predicted molar refractivity (Wildman–Crippen MR) is 96.5 cm³/mol. The van der Waals surface area contributed by atoms with Crippen LogP contribution < -0.4 is 9.62 Å². The maximum absolute atomic E-state index is 13.0. The van der Waals surface area contributed by atoms with Crippen molar-refractivity contribution < 1.29 is 22.0 Å². The summed E-state index contributed by atoms with van der Waals surface area (Å²) in [5.41, 5.74) is 0.242. The van der Waals surface area contributed by atoms with Crippen molar-refractivity contribution in [3.05, 3.63) is 54.2 Å². The van der Waals surface area contributed by atoms with E-state index in [1.165, 1.54) is 12.1 Å². The number of nitrogens with one attached hydrogen (secondary N) is 1. The Hall–Kier alpha value is -2.00. The van der Waals surface area contributed by atoms with Gasteiger partial charge in [-0.2, -0.15) is 11.8 Å². The molecule has 0 unspecified atom stereocenters. The van der Waals surface area contributed by atoms with Gasteiger partial charge in [0.05, 0.1) is 24.0 Å². The van der Waals surface area contributed by atoms with Gasteiger partial charge < -0.3 is 9.73 Å². The lowest BCUT2D eigenvalue weighted by molar-refractivity contribution is -0.119. The van der Waals surface area contributed by atoms with E-state index < -0.39 is 21.7 Å². The van der Waals surface area contributed by atoms with E-state index in [2.05, 4.69) is 5.32 Å². The minimum Gasteiger partial charge on any atom is -0.468 e. The van der Waals surface area contributed by atoms with Crippen LogP contribution in [-0.2, 0) is 20.6 Å². The molecule has 1 aromatic carbocycles. The molecule has 0 spiro atoms. The summed E-state index contributed by atoms with van der Waals surface area (Å²) in [4.78, 5) is 12.0. The maximum Gasteiger partial charge on any atom is 0.240 e. The fourth-order valence-electron chi connectivity index (χ4n) is 2.02. The molecular formula is C16H19FN2O4S2. The summed E-state index contributed by atoms with van der Waals surface area (Å²) in [5.74, 6) is 1.33. The molecule has 0 atom stereocenters. The number of nitrogens with zero attached hydrogens (tertiary/aromatic N) is 1. The lowest BCUT2D eigenvalue weighted by atomic mass is 10.3. The molecule has 0 aliphatic rings. The molecule has 2 rings (SSSR count). The number of furan rings is 1. The number of hydrogen-bond acceptors (Lipinski definition) is 5. The van der Waals surface area contributed by atoms with Gasteiger partial charge in [0.2, 0.25) is 15.9 Å². The quantitative estimate of drug-likeness (QED) is 0.669. The zero-order valence-corrected chi connectivity index (χ0v) is 15.3. The molecule has 1 heterocycles. The van der Waals surface area contributed by atoms with Crippen LogP contribution in [0.2, 0.25) is 0 Å². The molecule has 0 bridgehead atoms. The molecule has 0 aliphatic carbocycles. The van der Waals surface area contributed by atoms with E-state index >= 15 is 0 Å². The Kier molecular flexibility index (Phi) is 6.89. The lowest BCUT2D eigenvalue weighted by Crippen LogP contribution is -2.41. The minimum absolute atomic E-state index is 0.242. The van der Waals surface area contributed by atoms with Crippen molar-refractivity contribution in [1.29, 1.82) is 0 Å². The smallest absolute Gasteiger partial charge is 0.240 e. The molecule has 0 aliphatic heterocycles. The van der Waals surface area contributed by atoms with E-state index in [9.17, 15) is 17.6 Å². The van der Waals surface area contributed by atoms with Crippen LogP contribution in [0.15, 0.2) is 47.1 Å². The standard InChI is InChI=1S/C16H19FN2O4S2/c1-25(21,22)19(14-6-4-13(17)5-7-14)11-16(20)18-8-10-24-12-15-3-2-9-23-15/h2-7,9H,8,10-12H2,1H3,(H,18,20). The Labute approximate surface area is 150 Å². The molecule has 1 amide bonds. The summed E-state index contributed by atoms with van der Waals surface area (Å²) in [7, 11) is -3.66. The van der Waals surface area contributed by atoms with Crippen molar-refractivity contribution in [2.24, 2.45) is 0 Å². The average molecular weight is 386 g/mol. The molecule has 1 aromatic heterocycles. The molecular weight excluding hydrogens is 367 g/mol. The van der Waals surface area contributed by atoms with Crippen molar-refractivity contribution in [3.63, 3.8) is 0 Å². The number of carbonyl (C=O) groups excluding carboxylic acids is 1. The van der Waals surface area contributed by atoms with Crippen LogP contribution in [0.3, 0.4) is 0 Å². The van der Waals surface area contributed by atoms with Gasteiger partial charge in [-0.3, -0.25) is 9.10 Å². The molecule has 1 N–H and O–H groups in total. The van der Waals surface area contributed by atoms with Crippen LogP contribution in [0.4, 0.5) is 10.1 Å². The van der Waals surface area contributed by atoms with E-state index in [1.807, 2.05) is 12.1 Å². The molecule has 0 fully saturated rings. The highest BCUT2D eigenvalue weighted by atomic mass is 32.2. The number of benzene rings is 1. The number of amides is 1. The van der Waals surface area contributed by atoms with Gasteiger partial charge in [-0.1, -0.05) is 0 Å². The fourth-order valence-corrected chi connectivity index (χ4v) is 3.64. The number of rotatable bonds is 9. The Bertz CT molecular complexity index is 777. The number of halogens is 1. The maximum atomic E-state index is 13.0. The zero-order chi connectivity index (χ0) is 18.3. The third kappa shape index (κ3) is 6.43. The third-order valence-electron chi connectivity index (χ3n) is 3.20. The van der Waals surface area contributed by atoms with Gasteiger partial charge in [0.1, 0.15) is 18.1 Å². The number of hydrogen-bond donors (Lipinski definition) is 1. The van der Waals surface area contributed by atoms with Crippen LogP contribution in [0, 0.1) is 5.82 Å². The van der Waals surface area contributed by atoms with Gasteiger partial charge in [-0.15, -0.1) is 0 Å². The van der Waals surface area contributed by atoms with Crippen LogP contribution in [0.5, 0.6) is 0 Å². The number of sulfonamides is 1. The van der Waals surface area contributed by atoms with E-state index in [0.717, 1.165) is 28.5 Å². The number of carbonyl (C=O) groups is 1. The summed E-state index contributed by atoms with van der Waals surface area (Å²) >= 11 is 1.59. The van der Waals surface area contributed by atoms with Crippen molar-refractivity contribution in [2.75, 3.05) is 29.4 Å². The first-order valence-corrected chi connectivity index (χ1v) is 10.5. The van der Waals surface area contributed by atoms with Crippen molar-refractivity contribution in [3.8, 4) is 0 Å². The Morgan fingerprint density at radius 2 is 2.00 bits per heavy atom. The first-order chi connectivity index (χ1) is 11.9. The summed E-state index contributed by atoms with van der Waals surface area (Å²) in [6.45, 7) is 0.0541. The van der Waals surface area contributed by atoms with Gasteiger partial charge >= 0.3 is 0 Å². The van der Waals surface area contributed by atoms with Gasteiger partial charge in [-0.25, -0.2) is 12.8 Å². The molecule has 6 nitrogen and oxygen atoms in total. The minimum atomic E-state index is -3.66. The number of anilines is 1. The zero-order valence-electron chi connectivity index (χ0n) is 13.6. The van der Waals surface area contributed by atoms with Crippen molar-refractivity contribution in [2.45, 2.75) is 5.75 Å². The molecule has 0 saturated carbocycles. The molecule has 2 aromatic rings. The Balaban J connectivity index is 1.82. The fraction of sp³-hybridized carbons (Fsp3) is 0.312. The van der Waals surface area contributed by atoms with E-state index in [1.54, 1.807) is 18.0 Å². The van der Waals surface area contributed by atoms with Gasteiger partial charge in [-0.05, 0) is 36.4 Å². The van der Waals surface area contributed by atoms with E-state index in [0.29, 0.717) is 18.1 Å². The summed E-state index contributed by atoms with van der Waals surface area (Å²) in [6, 6.07) is 8.63. The number of thioether (sulfide) groups is 1. The van der Waals surface area contributed by atoms with Crippen molar-refractivity contribution in [1.82, 2.24) is 5.32 Å². The second-order valence-corrected chi connectivity index (χ2v) is 8.24. The molecule has 25 heavy (non-hydrogen) atoms. The first-order valence-electron chi connectivity index (χ1n) is 7.46. The summed E-state index contributed by atoms with van der Waals surface area (Å²) < 4.78 is 42.9. The average Bonchev–Trinajstić information content (AvgIpc) is 3.06. The van der Waals surface area contributed by atoms with Crippen LogP contribution in [0.25, 0.3) is 0 Å². The summed E-state index contributed by atoms with van der Waals surface area (Å²) in [5, 5.41) is 2.68. The van der Waals surface area contributed by atoms with E-state index in [-0.39, 0.29) is 12.2 Å². The predicted octanol–water partition coefficient (Wildman–Crippen LogP) is 2.23. The Morgan fingerprint density at radius 3 is 2.60 bits per heavy atom. The molecule has 0 radical (unpaired) electrons. The molecule has 0 saturated heterocycles. The van der Waals surface area contributed by atoms with Crippen LogP contribution in [0.1, 0.15) is 5.76 Å². The van der Waals surface area contributed by atoms with Crippen molar-refractivity contribution >= 4 is 33.4 Å². The highest BCUT2D eigenvalue weighted by Gasteiger charge is 2.20. The largest absolute Gasteiger partial charge is 0.468 e. The monoisotopic (exact) mass is 386 g/mol. The highest BCUT2D eigenvalue weighted by Crippen LogP contribution is 2.17. The third-order valence-corrected chi connectivity index (χ3v) is 5.32. The highest BCUT2D eigenvalue weighted by molar-refractivity contribution is 7.98. The van der Waals surface area contributed by atoms with E-state index in [4.69, 9.17) is 4.42 Å². The van der Waals surface area contributed by atoms with Gasteiger partial charge in [0.15, 0.2) is 0 Å². The topological polar surface area (TPSA) is 79.6 Å². The van der Waals surface area contributed by atoms with Crippen LogP contribution in [-0.4, -0.2) is 39.4 Å².